The standard InChI is InChI=1S/C31H38N6O/c1-4-29-28(11-9-24(20-32)8-7-23(3)33)30(35-21-34-29)25-10-12-27(22(2)19-25)31(38)37-17-13-26(14-18-37)36-15-5-6-16-36/h7-8,10,12,19-21,26H,3-6,13-18,32-33H2,1-2H3/b8-7-,24-20+. The number of rotatable bonds is 6. The molecule has 2 aliphatic heterocycles. The second kappa shape index (κ2) is 12.6. The Balaban J connectivity index is 1.56. The number of nitrogens with zero attached hydrogens (tertiary/aromatic N) is 4. The highest BCUT2D eigenvalue weighted by Crippen LogP contribution is 2.27. The molecule has 2 saturated heterocycles. The van der Waals surface area contributed by atoms with Crippen molar-refractivity contribution in [3.63, 3.8) is 0 Å². The molecule has 4 rings (SSSR count). The first kappa shape index (κ1) is 27.2. The van der Waals surface area contributed by atoms with Crippen molar-refractivity contribution < 1.29 is 4.79 Å². The number of carbonyl (C=O) groups excluding carboxylic acids is 1. The molecule has 0 aliphatic carbocycles. The first-order valence-corrected chi connectivity index (χ1v) is 13.5. The predicted octanol–water partition coefficient (Wildman–Crippen LogP) is 3.94. The number of benzene rings is 1. The summed E-state index contributed by atoms with van der Waals surface area (Å²) in [4.78, 5) is 27.0. The van der Waals surface area contributed by atoms with Crippen molar-refractivity contribution in [1.29, 1.82) is 0 Å². The maximum Gasteiger partial charge on any atom is 0.254 e. The summed E-state index contributed by atoms with van der Waals surface area (Å²) in [7, 11) is 0. The van der Waals surface area contributed by atoms with Gasteiger partial charge in [-0.25, -0.2) is 9.97 Å². The van der Waals surface area contributed by atoms with Crippen LogP contribution in [0.25, 0.3) is 11.3 Å². The van der Waals surface area contributed by atoms with E-state index in [9.17, 15) is 4.79 Å². The minimum absolute atomic E-state index is 0.108. The van der Waals surface area contributed by atoms with Gasteiger partial charge in [-0.3, -0.25) is 4.79 Å². The Labute approximate surface area is 226 Å². The van der Waals surface area contributed by atoms with E-state index in [1.54, 1.807) is 18.5 Å². The van der Waals surface area contributed by atoms with Gasteiger partial charge in [-0.15, -0.1) is 0 Å². The van der Waals surface area contributed by atoms with Gasteiger partial charge in [0.05, 0.1) is 17.0 Å². The predicted molar refractivity (Wildman–Crippen MR) is 153 cm³/mol. The molecule has 1 aromatic carbocycles. The molecule has 0 spiro atoms. The maximum atomic E-state index is 13.4. The van der Waals surface area contributed by atoms with Crippen LogP contribution in [0.1, 0.15) is 59.8 Å². The maximum absolute atomic E-state index is 13.4. The van der Waals surface area contributed by atoms with Crippen LogP contribution in [0.5, 0.6) is 0 Å². The number of amides is 1. The fourth-order valence-corrected chi connectivity index (χ4v) is 5.27. The number of hydrogen-bond acceptors (Lipinski definition) is 6. The van der Waals surface area contributed by atoms with Gasteiger partial charge in [-0.2, -0.15) is 0 Å². The van der Waals surface area contributed by atoms with Crippen molar-refractivity contribution in [2.45, 2.75) is 52.0 Å². The molecule has 0 radical (unpaired) electrons. The zero-order chi connectivity index (χ0) is 27.1. The summed E-state index contributed by atoms with van der Waals surface area (Å²) in [6.45, 7) is 11.7. The van der Waals surface area contributed by atoms with E-state index >= 15 is 0 Å². The lowest BCUT2D eigenvalue weighted by Crippen LogP contribution is -2.46. The van der Waals surface area contributed by atoms with Gasteiger partial charge in [0.2, 0.25) is 0 Å². The summed E-state index contributed by atoms with van der Waals surface area (Å²) >= 11 is 0. The molecular weight excluding hydrogens is 472 g/mol. The zero-order valence-electron chi connectivity index (χ0n) is 22.5. The van der Waals surface area contributed by atoms with Gasteiger partial charge < -0.3 is 21.3 Å². The Hall–Kier alpha value is -3.89. The topological polar surface area (TPSA) is 101 Å². The van der Waals surface area contributed by atoms with Crippen LogP contribution in [-0.2, 0) is 6.42 Å². The number of hydrogen-bond donors (Lipinski definition) is 2. The van der Waals surface area contributed by atoms with E-state index in [2.05, 4.69) is 33.3 Å². The van der Waals surface area contributed by atoms with Crippen LogP contribution in [0.15, 0.2) is 60.7 Å². The first-order chi connectivity index (χ1) is 18.4. The largest absolute Gasteiger partial charge is 0.404 e. The van der Waals surface area contributed by atoms with E-state index < -0.39 is 0 Å². The molecule has 2 aliphatic rings. The number of likely N-dealkylation sites (tertiary alicyclic amines) is 2. The van der Waals surface area contributed by atoms with Crippen LogP contribution in [0.2, 0.25) is 0 Å². The highest BCUT2D eigenvalue weighted by Gasteiger charge is 2.29. The lowest BCUT2D eigenvalue weighted by molar-refractivity contribution is 0.0644. The lowest BCUT2D eigenvalue weighted by atomic mass is 9.97. The molecule has 0 bridgehead atoms. The van der Waals surface area contributed by atoms with Crippen molar-refractivity contribution in [2.75, 3.05) is 26.2 Å². The summed E-state index contributed by atoms with van der Waals surface area (Å²) in [5.74, 6) is 6.42. The fraction of sp³-hybridized carbons (Fsp3) is 0.387. The van der Waals surface area contributed by atoms with E-state index in [0.29, 0.717) is 23.7 Å². The number of allylic oxidation sites excluding steroid dienone is 3. The molecule has 2 aromatic rings. The molecule has 1 amide bonds. The third-order valence-electron chi connectivity index (χ3n) is 7.39. The molecule has 3 heterocycles. The summed E-state index contributed by atoms with van der Waals surface area (Å²) in [6.07, 6.45) is 11.8. The molecule has 2 fully saturated rings. The second-order valence-corrected chi connectivity index (χ2v) is 9.97. The average molecular weight is 511 g/mol. The summed E-state index contributed by atoms with van der Waals surface area (Å²) in [5, 5.41) is 0. The van der Waals surface area contributed by atoms with Crippen molar-refractivity contribution in [1.82, 2.24) is 19.8 Å². The first-order valence-electron chi connectivity index (χ1n) is 13.5. The van der Waals surface area contributed by atoms with Crippen molar-refractivity contribution in [3.8, 4) is 23.1 Å². The van der Waals surface area contributed by atoms with Crippen molar-refractivity contribution in [2.24, 2.45) is 11.5 Å². The lowest BCUT2D eigenvalue weighted by Gasteiger charge is -2.36. The summed E-state index contributed by atoms with van der Waals surface area (Å²) < 4.78 is 0. The zero-order valence-corrected chi connectivity index (χ0v) is 22.5. The van der Waals surface area contributed by atoms with E-state index in [-0.39, 0.29) is 5.91 Å². The van der Waals surface area contributed by atoms with Gasteiger partial charge in [0.25, 0.3) is 5.91 Å². The highest BCUT2D eigenvalue weighted by molar-refractivity contribution is 5.96. The minimum Gasteiger partial charge on any atom is -0.404 e. The van der Waals surface area contributed by atoms with Gasteiger partial charge in [0.15, 0.2) is 0 Å². The number of carbonyl (C=O) groups is 1. The number of piperidine rings is 1. The Morgan fingerprint density at radius 1 is 1.16 bits per heavy atom. The third-order valence-corrected chi connectivity index (χ3v) is 7.39. The number of aryl methyl sites for hydroxylation is 2. The normalized spacial score (nSPS) is 17.0. The highest BCUT2D eigenvalue weighted by atomic mass is 16.2. The molecule has 7 nitrogen and oxygen atoms in total. The number of nitrogens with two attached hydrogens (primary N) is 2. The Morgan fingerprint density at radius 2 is 1.89 bits per heavy atom. The van der Waals surface area contributed by atoms with Gasteiger partial charge in [-0.1, -0.05) is 31.4 Å². The van der Waals surface area contributed by atoms with Crippen LogP contribution < -0.4 is 11.5 Å². The van der Waals surface area contributed by atoms with Gasteiger partial charge in [-0.05, 0) is 82.0 Å². The molecule has 1 aromatic heterocycles. The molecule has 7 heteroatoms. The Kier molecular flexibility index (Phi) is 8.98. The Morgan fingerprint density at radius 3 is 2.53 bits per heavy atom. The van der Waals surface area contributed by atoms with Crippen LogP contribution in [0, 0.1) is 18.8 Å². The van der Waals surface area contributed by atoms with E-state index in [0.717, 1.165) is 59.6 Å². The fourth-order valence-electron chi connectivity index (χ4n) is 5.27. The summed E-state index contributed by atoms with van der Waals surface area (Å²) in [5.41, 5.74) is 17.3. The van der Waals surface area contributed by atoms with Gasteiger partial charge >= 0.3 is 0 Å². The quantitative estimate of drug-likeness (QED) is 0.451. The van der Waals surface area contributed by atoms with E-state index in [1.165, 1.54) is 32.1 Å². The van der Waals surface area contributed by atoms with Crippen molar-refractivity contribution >= 4 is 5.91 Å². The van der Waals surface area contributed by atoms with Gasteiger partial charge in [0.1, 0.15) is 6.33 Å². The molecular formula is C31H38N6O. The molecule has 198 valence electrons. The van der Waals surface area contributed by atoms with E-state index in [4.69, 9.17) is 11.5 Å². The van der Waals surface area contributed by atoms with Crippen molar-refractivity contribution in [3.05, 3.63) is 83.1 Å². The molecule has 0 atom stereocenters. The third kappa shape index (κ3) is 6.32. The van der Waals surface area contributed by atoms with Crippen LogP contribution in [0.4, 0.5) is 0 Å². The molecule has 0 saturated carbocycles. The summed E-state index contributed by atoms with van der Waals surface area (Å²) in [6, 6.07) is 6.53. The van der Waals surface area contributed by atoms with Crippen LogP contribution >= 0.6 is 0 Å². The van der Waals surface area contributed by atoms with Crippen LogP contribution in [-0.4, -0.2) is 57.9 Å². The van der Waals surface area contributed by atoms with Gasteiger partial charge in [0, 0.05) is 47.7 Å². The monoisotopic (exact) mass is 510 g/mol. The average Bonchev–Trinajstić information content (AvgIpc) is 3.48. The SMILES string of the molecule is C=C(N)/C=C\C(C#Cc1c(CC)ncnc1-c1ccc(C(=O)N2CCC(N3CCCC3)CC2)c(C)c1)=C/N. The minimum atomic E-state index is 0.108. The smallest absolute Gasteiger partial charge is 0.254 e. The Bertz CT molecular complexity index is 1300. The molecule has 4 N–H and O–H groups in total. The van der Waals surface area contributed by atoms with Crippen LogP contribution in [0.3, 0.4) is 0 Å². The second-order valence-electron chi connectivity index (χ2n) is 9.97. The van der Waals surface area contributed by atoms with E-state index in [1.807, 2.05) is 36.9 Å². The molecule has 38 heavy (non-hydrogen) atoms. The molecule has 0 unspecified atom stereocenters. The number of aromatic nitrogens is 2.